The van der Waals surface area contributed by atoms with Crippen LogP contribution in [0.4, 0.5) is 18.9 Å². The van der Waals surface area contributed by atoms with Crippen LogP contribution in [0.5, 0.6) is 0 Å². The van der Waals surface area contributed by atoms with Crippen LogP contribution in [0.2, 0.25) is 0 Å². The molecule has 1 heterocycles. The highest BCUT2D eigenvalue weighted by atomic mass is 19.4. The van der Waals surface area contributed by atoms with Gasteiger partial charge in [-0.2, -0.15) is 13.2 Å². The number of likely N-dealkylation sites (tertiary alicyclic amines) is 1. The van der Waals surface area contributed by atoms with Crippen molar-refractivity contribution < 1.29 is 22.8 Å². The van der Waals surface area contributed by atoms with Crippen LogP contribution in [0.1, 0.15) is 36.9 Å². The van der Waals surface area contributed by atoms with E-state index in [4.69, 9.17) is 0 Å². The maximum absolute atomic E-state index is 13.2. The number of halogens is 3. The van der Waals surface area contributed by atoms with Crippen LogP contribution in [0.3, 0.4) is 0 Å². The highest BCUT2D eigenvalue weighted by Crippen LogP contribution is 2.27. The molecule has 0 radical (unpaired) electrons. The van der Waals surface area contributed by atoms with Gasteiger partial charge in [0.2, 0.25) is 5.91 Å². The van der Waals surface area contributed by atoms with E-state index >= 15 is 0 Å². The van der Waals surface area contributed by atoms with Crippen LogP contribution in [-0.2, 0) is 16.1 Å². The average molecular weight is 433 g/mol. The summed E-state index contributed by atoms with van der Waals surface area (Å²) in [7, 11) is 0. The van der Waals surface area contributed by atoms with E-state index in [9.17, 15) is 22.8 Å². The Morgan fingerprint density at radius 3 is 2.35 bits per heavy atom. The normalized spacial score (nSPS) is 15.5. The SMILES string of the molecule is CCN(Cc1cccc(NC(=O)C(c2ccccc2)N2CCCC2)c1)C(=O)C(F)(F)F. The molecule has 5 nitrogen and oxygen atoms in total. The van der Waals surface area contributed by atoms with E-state index in [1.165, 1.54) is 6.92 Å². The van der Waals surface area contributed by atoms with Crippen LogP contribution in [0, 0.1) is 0 Å². The third-order valence-corrected chi connectivity index (χ3v) is 5.35. The minimum absolute atomic E-state index is 0.0695. The Morgan fingerprint density at radius 2 is 1.74 bits per heavy atom. The number of benzene rings is 2. The van der Waals surface area contributed by atoms with Crippen molar-refractivity contribution in [2.75, 3.05) is 25.0 Å². The first-order valence-corrected chi connectivity index (χ1v) is 10.3. The zero-order valence-electron chi connectivity index (χ0n) is 17.4. The van der Waals surface area contributed by atoms with Gasteiger partial charge in [0, 0.05) is 18.8 Å². The maximum atomic E-state index is 13.2. The van der Waals surface area contributed by atoms with Crippen LogP contribution < -0.4 is 5.32 Å². The number of amides is 2. The van der Waals surface area contributed by atoms with Crippen LogP contribution in [0.15, 0.2) is 54.6 Å². The molecule has 1 fully saturated rings. The summed E-state index contributed by atoms with van der Waals surface area (Å²) in [6.07, 6.45) is -2.85. The molecule has 1 aliphatic rings. The standard InChI is InChI=1S/C23H26F3N3O2/c1-2-28(22(31)23(24,25)26)16-17-9-8-12-19(15-17)27-21(30)20(29-13-6-7-14-29)18-10-4-3-5-11-18/h3-5,8-12,15,20H,2,6-7,13-14,16H2,1H3,(H,27,30). The summed E-state index contributed by atoms with van der Waals surface area (Å²) in [5.41, 5.74) is 1.89. The van der Waals surface area contributed by atoms with E-state index in [0.29, 0.717) is 11.3 Å². The summed E-state index contributed by atoms with van der Waals surface area (Å²) < 4.78 is 38.4. The largest absolute Gasteiger partial charge is 0.471 e. The summed E-state index contributed by atoms with van der Waals surface area (Å²) in [6, 6.07) is 15.7. The van der Waals surface area contributed by atoms with Crippen molar-refractivity contribution in [2.45, 2.75) is 38.5 Å². The molecular weight excluding hydrogens is 407 g/mol. The van der Waals surface area contributed by atoms with Crippen molar-refractivity contribution in [3.8, 4) is 0 Å². The lowest BCUT2D eigenvalue weighted by atomic mass is 10.0. The van der Waals surface area contributed by atoms with Crippen molar-refractivity contribution >= 4 is 17.5 Å². The summed E-state index contributed by atoms with van der Waals surface area (Å²) >= 11 is 0. The molecule has 0 spiro atoms. The minimum atomic E-state index is -4.92. The highest BCUT2D eigenvalue weighted by Gasteiger charge is 2.42. The topological polar surface area (TPSA) is 52.7 Å². The first-order valence-electron chi connectivity index (χ1n) is 10.3. The van der Waals surface area contributed by atoms with E-state index in [0.717, 1.165) is 36.4 Å². The van der Waals surface area contributed by atoms with Gasteiger partial charge in [0.25, 0.3) is 0 Å². The molecule has 31 heavy (non-hydrogen) atoms. The Kier molecular flexibility index (Phi) is 7.33. The minimum Gasteiger partial charge on any atom is -0.331 e. The molecule has 0 bridgehead atoms. The molecule has 0 aliphatic carbocycles. The molecule has 1 unspecified atom stereocenters. The molecule has 1 saturated heterocycles. The second kappa shape index (κ2) is 9.96. The van der Waals surface area contributed by atoms with Crippen LogP contribution in [0.25, 0.3) is 0 Å². The Balaban J connectivity index is 1.76. The van der Waals surface area contributed by atoms with E-state index in [1.54, 1.807) is 24.3 Å². The lowest BCUT2D eigenvalue weighted by Gasteiger charge is -2.27. The zero-order chi connectivity index (χ0) is 22.4. The number of nitrogens with one attached hydrogen (secondary N) is 1. The third-order valence-electron chi connectivity index (χ3n) is 5.35. The number of hydrogen-bond donors (Lipinski definition) is 1. The number of rotatable bonds is 7. The third kappa shape index (κ3) is 5.85. The first-order chi connectivity index (χ1) is 14.8. The zero-order valence-corrected chi connectivity index (χ0v) is 17.4. The molecule has 2 aromatic rings. The summed E-state index contributed by atoms with van der Waals surface area (Å²) in [4.78, 5) is 27.6. The number of nitrogens with zero attached hydrogens (tertiary/aromatic N) is 2. The van der Waals surface area contributed by atoms with Crippen LogP contribution >= 0.6 is 0 Å². The van der Waals surface area contributed by atoms with Crippen molar-refractivity contribution in [1.29, 1.82) is 0 Å². The molecule has 8 heteroatoms. The van der Waals surface area contributed by atoms with Crippen LogP contribution in [-0.4, -0.2) is 47.4 Å². The molecule has 0 saturated carbocycles. The van der Waals surface area contributed by atoms with Crippen molar-refractivity contribution in [3.63, 3.8) is 0 Å². The molecule has 2 aromatic carbocycles. The predicted molar refractivity (Wildman–Crippen MR) is 112 cm³/mol. The van der Waals surface area contributed by atoms with E-state index in [2.05, 4.69) is 10.2 Å². The van der Waals surface area contributed by atoms with E-state index in [1.807, 2.05) is 30.3 Å². The fraction of sp³-hybridized carbons (Fsp3) is 0.391. The van der Waals surface area contributed by atoms with Gasteiger partial charge in [0.05, 0.1) is 0 Å². The van der Waals surface area contributed by atoms with E-state index < -0.39 is 18.1 Å². The lowest BCUT2D eigenvalue weighted by Crippen LogP contribution is -2.40. The number of alkyl halides is 3. The molecule has 0 aromatic heterocycles. The number of carbonyl (C=O) groups excluding carboxylic acids is 2. The smallest absolute Gasteiger partial charge is 0.331 e. The van der Waals surface area contributed by atoms with Gasteiger partial charge in [-0.05, 0) is 56.1 Å². The molecule has 1 aliphatic heterocycles. The highest BCUT2D eigenvalue weighted by molar-refractivity contribution is 5.95. The van der Waals surface area contributed by atoms with E-state index in [-0.39, 0.29) is 19.0 Å². The second-order valence-corrected chi connectivity index (χ2v) is 7.56. The van der Waals surface area contributed by atoms with Crippen molar-refractivity contribution in [3.05, 3.63) is 65.7 Å². The quantitative estimate of drug-likeness (QED) is 0.706. The van der Waals surface area contributed by atoms with Gasteiger partial charge in [-0.3, -0.25) is 14.5 Å². The van der Waals surface area contributed by atoms with Crippen molar-refractivity contribution in [2.24, 2.45) is 0 Å². The number of carbonyl (C=O) groups is 2. The Hall–Kier alpha value is -2.87. The monoisotopic (exact) mass is 433 g/mol. The van der Waals surface area contributed by atoms with Gasteiger partial charge in [-0.1, -0.05) is 42.5 Å². The van der Waals surface area contributed by atoms with Gasteiger partial charge in [0.15, 0.2) is 0 Å². The van der Waals surface area contributed by atoms with Gasteiger partial charge < -0.3 is 10.2 Å². The second-order valence-electron chi connectivity index (χ2n) is 7.56. The molecular formula is C23H26F3N3O2. The van der Waals surface area contributed by atoms with Gasteiger partial charge in [-0.15, -0.1) is 0 Å². The molecule has 3 rings (SSSR count). The Morgan fingerprint density at radius 1 is 1.06 bits per heavy atom. The Bertz CT molecular complexity index is 896. The fourth-order valence-corrected chi connectivity index (χ4v) is 3.85. The molecule has 1 N–H and O–H groups in total. The molecule has 1 atom stereocenters. The predicted octanol–water partition coefficient (Wildman–Crippen LogP) is 4.37. The number of hydrogen-bond acceptors (Lipinski definition) is 3. The summed E-state index contributed by atoms with van der Waals surface area (Å²) in [6.45, 7) is 2.90. The van der Waals surface area contributed by atoms with Gasteiger partial charge in [-0.25, -0.2) is 0 Å². The summed E-state index contributed by atoms with van der Waals surface area (Å²) in [5.74, 6) is -2.06. The summed E-state index contributed by atoms with van der Waals surface area (Å²) in [5, 5.41) is 2.90. The first kappa shape index (κ1) is 22.8. The average Bonchev–Trinajstić information content (AvgIpc) is 3.26. The van der Waals surface area contributed by atoms with Gasteiger partial charge in [0.1, 0.15) is 6.04 Å². The molecule has 166 valence electrons. The number of anilines is 1. The molecule has 2 amide bonds. The fourth-order valence-electron chi connectivity index (χ4n) is 3.85. The lowest BCUT2D eigenvalue weighted by molar-refractivity contribution is -0.185. The maximum Gasteiger partial charge on any atom is 0.471 e. The Labute approximate surface area is 179 Å². The van der Waals surface area contributed by atoms with Gasteiger partial charge >= 0.3 is 12.1 Å². The van der Waals surface area contributed by atoms with Crippen molar-refractivity contribution in [1.82, 2.24) is 9.80 Å².